The molecule has 0 aliphatic heterocycles. The van der Waals surface area contributed by atoms with E-state index in [2.05, 4.69) is 40.9 Å². The number of hydrogen-bond acceptors (Lipinski definition) is 25. The maximum Gasteiger partial charge on any atom is 0.298 e. The number of non-ortho nitro benzene ring substituents is 1. The molecule has 0 fully saturated rings. The fourth-order valence-corrected chi connectivity index (χ4v) is 9.99. The summed E-state index contributed by atoms with van der Waals surface area (Å²) < 4.78 is 178. The molecule has 36 heteroatoms. The van der Waals surface area contributed by atoms with Crippen LogP contribution in [0.1, 0.15) is 0 Å². The minimum atomic E-state index is -5.61. The predicted octanol–water partition coefficient (Wildman–Crippen LogP) is 8.32. The van der Waals surface area contributed by atoms with Crippen LogP contribution in [0.15, 0.2) is 162 Å². The highest BCUT2D eigenvalue weighted by molar-refractivity contribution is 7.87. The van der Waals surface area contributed by atoms with Crippen LogP contribution in [0, 0.1) is 10.1 Å². The van der Waals surface area contributed by atoms with Gasteiger partial charge in [0.25, 0.3) is 62.8 Å². The first-order valence-electron chi connectivity index (χ1n) is 19.5. The quantitative estimate of drug-likeness (QED) is 0.0112. The Hall–Kier alpha value is -8.72. The van der Waals surface area contributed by atoms with Gasteiger partial charge >= 0.3 is 0 Å². The van der Waals surface area contributed by atoms with Crippen molar-refractivity contribution in [2.45, 2.75) is 24.5 Å². The Balaban J connectivity index is 1.31. The van der Waals surface area contributed by atoms with E-state index in [1.165, 1.54) is 18.2 Å². The first kappa shape index (κ1) is 54.1. The number of ether oxygens (including phenoxy) is 1. The number of nitrogens with two attached hydrogens (primary N) is 1. The van der Waals surface area contributed by atoms with Crippen molar-refractivity contribution in [3.05, 3.63) is 107 Å². The van der Waals surface area contributed by atoms with Crippen molar-refractivity contribution >= 4 is 135 Å². The standard InChI is InChI=1S/C39H26N10O21S5/c40-35-29(16-31(72(58,59)60)23-8-11-27(38(52)34(23)35)45-44-26-10-4-20(49(53)54)14-32(26)73(61,62)63)47-46-28-12-7-22-24(39(28)75(67,68)69)15-33(74(64,65)66)36(37(22)51)48-43-25-9-3-19(13-30(25)70-17-50)42-41-18-1-5-21(6-2-18)71(55,56)57/h1-17,51-52H,40H2,(H,55,56,57)(H,58,59,60)(H,61,62,63)(H,64,65,66)(H,67,68,69). The average molecular weight is 1130 g/mol. The number of nitro benzene ring substituents is 1. The second kappa shape index (κ2) is 19.9. The number of hydrogen-bond donors (Lipinski definition) is 8. The molecule has 0 saturated carbocycles. The van der Waals surface area contributed by atoms with Gasteiger partial charge in [-0.25, -0.2) is 0 Å². The number of rotatable bonds is 16. The van der Waals surface area contributed by atoms with E-state index in [1.54, 1.807) is 0 Å². The number of azo groups is 4. The summed E-state index contributed by atoms with van der Waals surface area (Å²) in [6.07, 6.45) is 0. The molecule has 0 bridgehead atoms. The predicted molar refractivity (Wildman–Crippen MR) is 254 cm³/mol. The molecule has 31 nitrogen and oxygen atoms in total. The van der Waals surface area contributed by atoms with Gasteiger partial charge in [0.15, 0.2) is 17.2 Å². The molecule has 7 rings (SSSR count). The van der Waals surface area contributed by atoms with Crippen molar-refractivity contribution < 1.29 is 89.5 Å². The number of aromatic hydroxyl groups is 2. The third-order valence-electron chi connectivity index (χ3n) is 9.97. The van der Waals surface area contributed by atoms with E-state index < -0.39 is 159 Å². The smallest absolute Gasteiger partial charge is 0.298 e. The zero-order valence-corrected chi connectivity index (χ0v) is 40.4. The highest BCUT2D eigenvalue weighted by atomic mass is 32.2. The summed E-state index contributed by atoms with van der Waals surface area (Å²) in [6.45, 7) is -0.0522. The van der Waals surface area contributed by atoms with Gasteiger partial charge < -0.3 is 20.7 Å². The number of nitrogen functional groups attached to an aromatic ring is 1. The summed E-state index contributed by atoms with van der Waals surface area (Å²) in [5.74, 6) is -2.64. The molecule has 9 N–H and O–H groups in total. The molecule has 0 spiro atoms. The Morgan fingerprint density at radius 2 is 1.03 bits per heavy atom. The van der Waals surface area contributed by atoms with E-state index >= 15 is 0 Å². The molecule has 7 aromatic rings. The van der Waals surface area contributed by atoms with Crippen LogP contribution in [0.25, 0.3) is 21.5 Å². The Bertz CT molecular complexity index is 4330. The average Bonchev–Trinajstić information content (AvgIpc) is 3.31. The van der Waals surface area contributed by atoms with E-state index in [1.807, 2.05) is 0 Å². The second-order valence-corrected chi connectivity index (χ2v) is 21.6. The molecule has 388 valence electrons. The molecule has 0 atom stereocenters. The zero-order valence-electron chi connectivity index (χ0n) is 36.3. The van der Waals surface area contributed by atoms with Gasteiger partial charge in [0.1, 0.15) is 53.7 Å². The van der Waals surface area contributed by atoms with E-state index in [4.69, 9.17) is 15.0 Å². The van der Waals surface area contributed by atoms with Crippen molar-refractivity contribution in [2.75, 3.05) is 5.73 Å². The van der Waals surface area contributed by atoms with Crippen molar-refractivity contribution in [2.24, 2.45) is 40.9 Å². The van der Waals surface area contributed by atoms with Crippen molar-refractivity contribution in [3.8, 4) is 17.2 Å². The van der Waals surface area contributed by atoms with E-state index in [-0.39, 0.29) is 23.5 Å². The maximum atomic E-state index is 13.0. The summed E-state index contributed by atoms with van der Waals surface area (Å²) in [4.78, 5) is 16.4. The molecule has 0 aliphatic carbocycles. The Morgan fingerprint density at radius 1 is 0.493 bits per heavy atom. The second-order valence-electron chi connectivity index (χ2n) is 14.7. The summed E-state index contributed by atoms with van der Waals surface area (Å²) in [5.41, 5.74) is 0.515. The lowest BCUT2D eigenvalue weighted by Crippen LogP contribution is -2.03. The molecule has 75 heavy (non-hydrogen) atoms. The maximum absolute atomic E-state index is 13.0. The van der Waals surface area contributed by atoms with Crippen LogP contribution in [0.2, 0.25) is 0 Å². The first-order chi connectivity index (χ1) is 34.9. The summed E-state index contributed by atoms with van der Waals surface area (Å²) in [6, 6.07) is 14.4. The first-order valence-corrected chi connectivity index (χ1v) is 26.7. The molecular formula is C39H26N10O21S5. The van der Waals surface area contributed by atoms with Crippen molar-refractivity contribution in [1.82, 2.24) is 0 Å². The Labute approximate surface area is 418 Å². The number of carbonyl (C=O) groups excluding carboxylic acids is 1. The minimum absolute atomic E-state index is 0.0146. The van der Waals surface area contributed by atoms with E-state index in [9.17, 15) is 85.4 Å². The van der Waals surface area contributed by atoms with Gasteiger partial charge in [0.05, 0.1) is 32.3 Å². The van der Waals surface area contributed by atoms with Gasteiger partial charge in [-0.1, -0.05) is 6.07 Å². The fourth-order valence-electron chi connectivity index (χ4n) is 6.69. The molecule has 0 radical (unpaired) electrons. The lowest BCUT2D eigenvalue weighted by Gasteiger charge is -2.13. The fraction of sp³-hybridized carbons (Fsp3) is 0. The highest BCUT2D eigenvalue weighted by Crippen LogP contribution is 2.48. The number of benzene rings is 7. The number of carbonyl (C=O) groups is 1. The molecule has 0 heterocycles. The SMILES string of the molecule is Nc1c(N=Nc2ccc3c(O)c(N=Nc4ccc(N=Nc5ccc(S(=O)(=O)O)cc5)cc4OC=O)c(S(=O)(=O)O)cc3c2S(=O)(=O)O)cc(S(=O)(=O)O)c2ccc(N=Nc3ccc([N+](=O)[O-])cc3S(=O)(=O)O)c(O)c12. The molecule has 7 aromatic carbocycles. The summed E-state index contributed by atoms with van der Waals surface area (Å²) in [5, 5.41) is 61.2. The minimum Gasteiger partial charge on any atom is -0.505 e. The highest BCUT2D eigenvalue weighted by Gasteiger charge is 2.29. The van der Waals surface area contributed by atoms with Crippen LogP contribution in [0.4, 0.5) is 56.9 Å². The summed E-state index contributed by atoms with van der Waals surface area (Å²) >= 11 is 0. The zero-order chi connectivity index (χ0) is 55.2. The molecule has 0 aliphatic rings. The number of phenolic OH excluding ortho intramolecular Hbond substituents is 2. The number of fused-ring (bicyclic) bond motifs is 2. The van der Waals surface area contributed by atoms with Crippen LogP contribution in [-0.4, -0.2) is 86.5 Å². The Morgan fingerprint density at radius 3 is 1.63 bits per heavy atom. The Kier molecular flexibility index (Phi) is 14.4. The van der Waals surface area contributed by atoms with Crippen LogP contribution >= 0.6 is 0 Å². The van der Waals surface area contributed by atoms with E-state index in [0.717, 1.165) is 60.7 Å². The largest absolute Gasteiger partial charge is 0.505 e. The van der Waals surface area contributed by atoms with Gasteiger partial charge in [-0.15, -0.1) is 30.7 Å². The van der Waals surface area contributed by atoms with Gasteiger partial charge in [-0.3, -0.25) is 37.7 Å². The number of nitrogens with zero attached hydrogens (tertiary/aromatic N) is 9. The molecule has 0 unspecified atom stereocenters. The number of anilines is 1. The number of phenols is 2. The monoisotopic (exact) mass is 1130 g/mol. The molecule has 0 amide bonds. The lowest BCUT2D eigenvalue weighted by molar-refractivity contribution is -0.385. The molecule has 0 aromatic heterocycles. The van der Waals surface area contributed by atoms with Crippen LogP contribution < -0.4 is 10.5 Å². The van der Waals surface area contributed by atoms with Gasteiger partial charge in [-0.05, 0) is 72.8 Å². The van der Waals surface area contributed by atoms with E-state index in [0.29, 0.717) is 18.2 Å². The van der Waals surface area contributed by atoms with Crippen LogP contribution in [0.3, 0.4) is 0 Å². The van der Waals surface area contributed by atoms with Gasteiger partial charge in [0.2, 0.25) is 0 Å². The molecular weight excluding hydrogens is 1100 g/mol. The summed E-state index contributed by atoms with van der Waals surface area (Å²) in [7, 11) is -26.1. The van der Waals surface area contributed by atoms with Crippen molar-refractivity contribution in [3.63, 3.8) is 0 Å². The number of nitro groups is 1. The van der Waals surface area contributed by atoms with Crippen molar-refractivity contribution in [1.29, 1.82) is 0 Å². The molecule has 0 saturated heterocycles. The lowest BCUT2D eigenvalue weighted by atomic mass is 10.1. The van der Waals surface area contributed by atoms with Gasteiger partial charge in [0, 0.05) is 34.4 Å². The van der Waals surface area contributed by atoms with Crippen LogP contribution in [-0.2, 0) is 55.4 Å². The van der Waals surface area contributed by atoms with Gasteiger partial charge in [-0.2, -0.15) is 52.3 Å². The normalized spacial score (nSPS) is 13.0. The third kappa shape index (κ3) is 11.6. The third-order valence-corrected chi connectivity index (χ3v) is 14.4. The van der Waals surface area contributed by atoms with Crippen LogP contribution in [0.5, 0.6) is 17.2 Å². The topological polar surface area (TPSA) is 507 Å².